The van der Waals surface area contributed by atoms with E-state index in [1.807, 2.05) is 71.8 Å². The van der Waals surface area contributed by atoms with Crippen LogP contribution in [0.4, 0.5) is 5.69 Å². The molecule has 0 fully saturated rings. The van der Waals surface area contributed by atoms with Crippen LogP contribution in [0.5, 0.6) is 0 Å². The highest BCUT2D eigenvalue weighted by Crippen LogP contribution is 2.45. The molecule has 3 aromatic rings. The Balaban J connectivity index is 1.88. The van der Waals surface area contributed by atoms with Gasteiger partial charge in [-0.1, -0.05) is 55.8 Å². The van der Waals surface area contributed by atoms with Crippen LogP contribution in [0, 0.1) is 12.8 Å². The van der Waals surface area contributed by atoms with Crippen LogP contribution in [0.2, 0.25) is 5.02 Å². The topological polar surface area (TPSA) is 40.6 Å². The van der Waals surface area contributed by atoms with Gasteiger partial charge in [0.2, 0.25) is 5.91 Å². The minimum Gasteiger partial charge on any atom is -0.329 e. The van der Waals surface area contributed by atoms with Crippen molar-refractivity contribution in [2.45, 2.75) is 32.7 Å². The Bertz CT molecular complexity index is 1140. The quantitative estimate of drug-likeness (QED) is 0.442. The molecule has 1 aliphatic rings. The zero-order valence-electron chi connectivity index (χ0n) is 18.7. The molecule has 0 spiro atoms. The number of thiophene rings is 1. The number of halogens is 1. The van der Waals surface area contributed by atoms with Crippen molar-refractivity contribution in [1.29, 1.82) is 0 Å². The van der Waals surface area contributed by atoms with Gasteiger partial charge in [0, 0.05) is 34.7 Å². The maximum Gasteiger partial charge on any atom is 0.254 e. The summed E-state index contributed by atoms with van der Waals surface area (Å²) in [5.74, 6) is -0.305. The molecule has 0 bridgehead atoms. The number of rotatable bonds is 5. The molecule has 2 heterocycles. The van der Waals surface area contributed by atoms with Crippen LogP contribution in [0.15, 0.2) is 60.0 Å². The Morgan fingerprint density at radius 3 is 2.59 bits per heavy atom. The first kappa shape index (κ1) is 22.6. The third-order valence-electron chi connectivity index (χ3n) is 5.96. The van der Waals surface area contributed by atoms with E-state index >= 15 is 0 Å². The second-order valence-electron chi connectivity index (χ2n) is 8.70. The summed E-state index contributed by atoms with van der Waals surface area (Å²) in [7, 11) is 1.79. The maximum atomic E-state index is 14.1. The molecule has 166 valence electrons. The molecule has 6 heteroatoms. The van der Waals surface area contributed by atoms with Gasteiger partial charge >= 0.3 is 0 Å². The summed E-state index contributed by atoms with van der Waals surface area (Å²) in [6.45, 7) is 6.74. The predicted molar refractivity (Wildman–Crippen MR) is 132 cm³/mol. The fourth-order valence-electron chi connectivity index (χ4n) is 4.50. The minimum atomic E-state index is -0.510. The molecule has 2 amide bonds. The number of anilines is 1. The van der Waals surface area contributed by atoms with E-state index in [4.69, 9.17) is 11.6 Å². The Labute approximate surface area is 198 Å². The van der Waals surface area contributed by atoms with E-state index in [2.05, 4.69) is 13.8 Å². The van der Waals surface area contributed by atoms with Crippen molar-refractivity contribution in [2.24, 2.45) is 5.92 Å². The standard InChI is InChI=1S/C26H27ClN2O2S/c1-16(2)15-29-24(22-10-7-13-32-22)23(19-8-5-6-9-20(19)25(29)30)26(31)28(4)21-14-18(27)12-11-17(21)3/h5-14,16,23-24H,15H2,1-4H3/t23-,24+/m0/s1. The Morgan fingerprint density at radius 2 is 1.91 bits per heavy atom. The number of fused-ring (bicyclic) bond motifs is 1. The Morgan fingerprint density at radius 1 is 1.16 bits per heavy atom. The van der Waals surface area contributed by atoms with Gasteiger partial charge in [0.15, 0.2) is 0 Å². The highest BCUT2D eigenvalue weighted by atomic mass is 35.5. The van der Waals surface area contributed by atoms with Gasteiger partial charge in [-0.25, -0.2) is 0 Å². The molecule has 1 aromatic heterocycles. The number of nitrogens with zero attached hydrogens (tertiary/aromatic N) is 2. The summed E-state index contributed by atoms with van der Waals surface area (Å²) in [5, 5.41) is 2.58. The van der Waals surface area contributed by atoms with Crippen molar-refractivity contribution < 1.29 is 9.59 Å². The third-order valence-corrected chi connectivity index (χ3v) is 7.14. The normalized spacial score (nSPS) is 18.1. The SMILES string of the molecule is Cc1ccc(Cl)cc1N(C)C(=O)[C@H]1c2ccccc2C(=O)N(CC(C)C)[C@@H]1c1cccs1. The molecule has 0 saturated heterocycles. The number of amides is 2. The van der Waals surface area contributed by atoms with Crippen molar-refractivity contribution >= 4 is 40.4 Å². The van der Waals surface area contributed by atoms with E-state index in [9.17, 15) is 9.59 Å². The molecule has 0 unspecified atom stereocenters. The summed E-state index contributed by atoms with van der Waals surface area (Å²) in [5.41, 5.74) is 3.14. The molecule has 0 saturated carbocycles. The van der Waals surface area contributed by atoms with Gasteiger partial charge in [-0.05, 0) is 53.6 Å². The van der Waals surface area contributed by atoms with E-state index in [0.717, 1.165) is 21.7 Å². The first-order valence-corrected chi connectivity index (χ1v) is 12.0. The molecule has 0 radical (unpaired) electrons. The summed E-state index contributed by atoms with van der Waals surface area (Å²) in [4.78, 5) is 32.3. The van der Waals surface area contributed by atoms with Crippen LogP contribution in [-0.2, 0) is 4.79 Å². The number of likely N-dealkylation sites (N-methyl/N-ethyl adjacent to an activating group) is 1. The molecule has 2 aromatic carbocycles. The number of hydrogen-bond acceptors (Lipinski definition) is 3. The van der Waals surface area contributed by atoms with Crippen LogP contribution in [0.3, 0.4) is 0 Å². The summed E-state index contributed by atoms with van der Waals surface area (Å²) >= 11 is 7.84. The zero-order valence-corrected chi connectivity index (χ0v) is 20.3. The van der Waals surface area contributed by atoms with Gasteiger partial charge in [0.05, 0.1) is 12.0 Å². The van der Waals surface area contributed by atoms with E-state index in [-0.39, 0.29) is 23.8 Å². The lowest BCUT2D eigenvalue weighted by Gasteiger charge is -2.43. The fourth-order valence-corrected chi connectivity index (χ4v) is 5.54. The van der Waals surface area contributed by atoms with Crippen LogP contribution in [-0.4, -0.2) is 30.3 Å². The first-order chi connectivity index (χ1) is 15.3. The lowest BCUT2D eigenvalue weighted by Crippen LogP contribution is -2.48. The molecular formula is C26H27ClN2O2S. The fraction of sp³-hybridized carbons (Fsp3) is 0.308. The van der Waals surface area contributed by atoms with Gasteiger partial charge in [-0.15, -0.1) is 11.3 Å². The lowest BCUT2D eigenvalue weighted by molar-refractivity contribution is -0.121. The van der Waals surface area contributed by atoms with Crippen molar-refractivity contribution in [2.75, 3.05) is 18.5 Å². The van der Waals surface area contributed by atoms with E-state index < -0.39 is 5.92 Å². The number of hydrogen-bond donors (Lipinski definition) is 0. The zero-order chi connectivity index (χ0) is 23.0. The van der Waals surface area contributed by atoms with Gasteiger partial charge in [-0.2, -0.15) is 0 Å². The van der Waals surface area contributed by atoms with Gasteiger partial charge in [-0.3, -0.25) is 9.59 Å². The third kappa shape index (κ3) is 4.07. The molecular weight excluding hydrogens is 440 g/mol. The molecule has 4 nitrogen and oxygen atoms in total. The van der Waals surface area contributed by atoms with Crippen molar-refractivity contribution in [3.63, 3.8) is 0 Å². The highest BCUT2D eigenvalue weighted by molar-refractivity contribution is 7.10. The number of carbonyl (C=O) groups is 2. The highest BCUT2D eigenvalue weighted by Gasteiger charge is 2.45. The second-order valence-corrected chi connectivity index (χ2v) is 10.1. The first-order valence-electron chi connectivity index (χ1n) is 10.8. The smallest absolute Gasteiger partial charge is 0.254 e. The molecule has 2 atom stereocenters. The van der Waals surface area contributed by atoms with Crippen molar-refractivity contribution in [1.82, 2.24) is 4.90 Å². The second kappa shape index (κ2) is 9.08. The van der Waals surface area contributed by atoms with Crippen molar-refractivity contribution in [3.8, 4) is 0 Å². The van der Waals surface area contributed by atoms with Gasteiger partial charge in [0.1, 0.15) is 0 Å². The summed E-state index contributed by atoms with van der Waals surface area (Å²) < 4.78 is 0. The van der Waals surface area contributed by atoms with E-state index in [0.29, 0.717) is 17.1 Å². The largest absolute Gasteiger partial charge is 0.329 e. The molecule has 4 rings (SSSR count). The van der Waals surface area contributed by atoms with Crippen LogP contribution in [0.25, 0.3) is 0 Å². The summed E-state index contributed by atoms with van der Waals surface area (Å²) in [6, 6.07) is 16.7. The molecule has 0 N–H and O–H groups in total. The summed E-state index contributed by atoms with van der Waals surface area (Å²) in [6.07, 6.45) is 0. The Hall–Kier alpha value is -2.63. The number of aryl methyl sites for hydroxylation is 1. The minimum absolute atomic E-state index is 0.0154. The predicted octanol–water partition coefficient (Wildman–Crippen LogP) is 6.31. The number of carbonyl (C=O) groups excluding carboxylic acids is 2. The number of benzene rings is 2. The van der Waals surface area contributed by atoms with E-state index in [1.165, 1.54) is 0 Å². The molecule has 32 heavy (non-hydrogen) atoms. The monoisotopic (exact) mass is 466 g/mol. The van der Waals surface area contributed by atoms with Gasteiger partial charge < -0.3 is 9.80 Å². The average molecular weight is 467 g/mol. The van der Waals surface area contributed by atoms with Crippen molar-refractivity contribution in [3.05, 3.63) is 86.6 Å². The van der Waals surface area contributed by atoms with Gasteiger partial charge in [0.25, 0.3) is 5.91 Å². The lowest BCUT2D eigenvalue weighted by atomic mass is 9.80. The van der Waals surface area contributed by atoms with Crippen LogP contribution >= 0.6 is 22.9 Å². The molecule has 0 aliphatic carbocycles. The maximum absolute atomic E-state index is 14.1. The van der Waals surface area contributed by atoms with Crippen LogP contribution in [0.1, 0.15) is 52.2 Å². The average Bonchev–Trinajstić information content (AvgIpc) is 3.30. The van der Waals surface area contributed by atoms with E-state index in [1.54, 1.807) is 23.3 Å². The van der Waals surface area contributed by atoms with Crippen LogP contribution < -0.4 is 4.90 Å². The Kier molecular flexibility index (Phi) is 6.40. The molecule has 1 aliphatic heterocycles.